The van der Waals surface area contributed by atoms with Crippen LogP contribution in [0.1, 0.15) is 393 Å². The highest BCUT2D eigenvalue weighted by atomic mass is 16.5. The third-order valence-corrected chi connectivity index (χ3v) is 16.3. The van der Waals surface area contributed by atoms with Gasteiger partial charge in [0.25, 0.3) is 0 Å². The summed E-state index contributed by atoms with van der Waals surface area (Å²) in [6.07, 6.45) is 79.8. The van der Waals surface area contributed by atoms with Gasteiger partial charge in [-0.2, -0.15) is 0 Å². The van der Waals surface area contributed by atoms with Gasteiger partial charge in [-0.05, 0) is 44.9 Å². The maximum absolute atomic E-state index is 12.5. The molecular formula is C69H135NO5. The average molecular weight is 1060 g/mol. The highest BCUT2D eigenvalue weighted by Crippen LogP contribution is 2.19. The maximum atomic E-state index is 12.5. The van der Waals surface area contributed by atoms with Crippen molar-refractivity contribution < 1.29 is 24.5 Å². The molecule has 0 aliphatic rings. The number of carbonyl (C=O) groups is 2. The quantitative estimate of drug-likeness (QED) is 0.0320. The molecule has 75 heavy (non-hydrogen) atoms. The van der Waals surface area contributed by atoms with Crippen LogP contribution in [-0.4, -0.2) is 47.4 Å². The second kappa shape index (κ2) is 65.1. The Hall–Kier alpha value is -1.40. The van der Waals surface area contributed by atoms with Gasteiger partial charge in [-0.15, -0.1) is 0 Å². The highest BCUT2D eigenvalue weighted by molar-refractivity contribution is 5.76. The van der Waals surface area contributed by atoms with E-state index < -0.39 is 12.1 Å². The van der Waals surface area contributed by atoms with Crippen molar-refractivity contribution in [2.75, 3.05) is 13.2 Å². The first-order valence-corrected chi connectivity index (χ1v) is 34.4. The predicted octanol–water partition coefficient (Wildman–Crippen LogP) is 22.0. The fourth-order valence-electron chi connectivity index (χ4n) is 11.0. The Morgan fingerprint density at radius 3 is 0.987 bits per heavy atom. The van der Waals surface area contributed by atoms with E-state index in [-0.39, 0.29) is 18.5 Å². The third-order valence-electron chi connectivity index (χ3n) is 16.3. The molecule has 6 nitrogen and oxygen atoms in total. The van der Waals surface area contributed by atoms with E-state index in [0.29, 0.717) is 25.9 Å². The van der Waals surface area contributed by atoms with Crippen LogP contribution in [0.5, 0.6) is 0 Å². The van der Waals surface area contributed by atoms with Crippen molar-refractivity contribution in [2.45, 2.75) is 405 Å². The summed E-state index contributed by atoms with van der Waals surface area (Å²) in [7, 11) is 0. The van der Waals surface area contributed by atoms with Gasteiger partial charge in [0.15, 0.2) is 0 Å². The number of aliphatic hydroxyl groups excluding tert-OH is 2. The van der Waals surface area contributed by atoms with Crippen LogP contribution in [0, 0.1) is 0 Å². The Balaban J connectivity index is 3.31. The number of esters is 1. The highest BCUT2D eigenvalue weighted by Gasteiger charge is 2.20. The number of amides is 1. The van der Waals surface area contributed by atoms with E-state index in [1.165, 1.54) is 315 Å². The summed E-state index contributed by atoms with van der Waals surface area (Å²) < 4.78 is 5.47. The Bertz CT molecular complexity index is 1130. The predicted molar refractivity (Wildman–Crippen MR) is 329 cm³/mol. The van der Waals surface area contributed by atoms with E-state index in [9.17, 15) is 19.8 Å². The van der Waals surface area contributed by atoms with Crippen LogP contribution in [0.15, 0.2) is 12.2 Å². The van der Waals surface area contributed by atoms with Gasteiger partial charge in [-0.3, -0.25) is 9.59 Å². The summed E-state index contributed by atoms with van der Waals surface area (Å²) in [5.41, 5.74) is 0. The zero-order chi connectivity index (χ0) is 54.3. The summed E-state index contributed by atoms with van der Waals surface area (Å²) in [5, 5.41) is 23.3. The number of ether oxygens (including phenoxy) is 1. The van der Waals surface area contributed by atoms with Gasteiger partial charge < -0.3 is 20.3 Å². The number of unbranched alkanes of at least 4 members (excludes halogenated alkanes) is 52. The Kier molecular flexibility index (Phi) is 63.9. The fraction of sp³-hybridized carbons (Fsp3) is 0.942. The van der Waals surface area contributed by atoms with Crippen LogP contribution in [0.25, 0.3) is 0 Å². The number of nitrogens with one attached hydrogen (secondary N) is 1. The largest absolute Gasteiger partial charge is 0.466 e. The minimum atomic E-state index is -0.660. The zero-order valence-electron chi connectivity index (χ0n) is 51.1. The summed E-state index contributed by atoms with van der Waals surface area (Å²) >= 11 is 0. The molecular weight excluding hydrogens is 923 g/mol. The minimum Gasteiger partial charge on any atom is -0.466 e. The van der Waals surface area contributed by atoms with E-state index in [0.717, 1.165) is 44.9 Å². The molecule has 0 heterocycles. The molecule has 0 aromatic carbocycles. The summed E-state index contributed by atoms with van der Waals surface area (Å²) in [4.78, 5) is 24.5. The lowest BCUT2D eigenvalue weighted by Gasteiger charge is -2.22. The summed E-state index contributed by atoms with van der Waals surface area (Å²) in [5.74, 6) is -0.0165. The number of hydrogen-bond donors (Lipinski definition) is 3. The second-order valence-electron chi connectivity index (χ2n) is 23.9. The van der Waals surface area contributed by atoms with Crippen molar-refractivity contribution in [3.8, 4) is 0 Å². The molecule has 1 amide bonds. The van der Waals surface area contributed by atoms with Gasteiger partial charge in [0.2, 0.25) is 5.91 Å². The number of carbonyl (C=O) groups excluding carboxylic acids is 2. The molecule has 0 aromatic heterocycles. The Morgan fingerprint density at radius 1 is 0.360 bits per heavy atom. The van der Waals surface area contributed by atoms with E-state index in [2.05, 4.69) is 31.3 Å². The van der Waals surface area contributed by atoms with Crippen LogP contribution >= 0.6 is 0 Å². The van der Waals surface area contributed by atoms with Crippen molar-refractivity contribution in [3.05, 3.63) is 12.2 Å². The first-order chi connectivity index (χ1) is 37.0. The molecule has 3 N–H and O–H groups in total. The molecule has 0 spiro atoms. The molecule has 0 aliphatic carbocycles. The number of allylic oxidation sites excluding steroid dienone is 2. The summed E-state index contributed by atoms with van der Waals surface area (Å²) in [6.45, 7) is 4.95. The van der Waals surface area contributed by atoms with Crippen LogP contribution in [0.2, 0.25) is 0 Å². The van der Waals surface area contributed by atoms with E-state index in [1.54, 1.807) is 0 Å². The molecule has 0 radical (unpaired) electrons. The fourth-order valence-corrected chi connectivity index (χ4v) is 11.0. The van der Waals surface area contributed by atoms with Crippen LogP contribution in [0.3, 0.4) is 0 Å². The molecule has 2 unspecified atom stereocenters. The standard InChI is InChI=1S/C69H135NO5/c1-3-5-7-9-11-13-15-16-35-38-42-45-49-53-57-61-67(72)66(65-71)70-68(73)62-58-54-50-46-43-39-36-33-31-29-27-25-23-21-19-17-18-20-22-24-26-28-30-32-34-37-40-44-48-52-56-60-64-75-69(74)63-59-55-51-47-41-14-12-10-8-6-4-2/h10,12,66-67,71-72H,3-9,11,13-65H2,1-2H3,(H,70,73)/b12-10-. The molecule has 0 bridgehead atoms. The van der Waals surface area contributed by atoms with Gasteiger partial charge >= 0.3 is 5.97 Å². The third kappa shape index (κ3) is 61.7. The average Bonchev–Trinajstić information content (AvgIpc) is 3.41. The van der Waals surface area contributed by atoms with Gasteiger partial charge in [0, 0.05) is 12.8 Å². The monoisotopic (exact) mass is 1060 g/mol. The first-order valence-electron chi connectivity index (χ1n) is 34.4. The van der Waals surface area contributed by atoms with E-state index in [1.807, 2.05) is 0 Å². The van der Waals surface area contributed by atoms with Gasteiger partial charge in [0.05, 0.1) is 25.4 Å². The molecule has 0 rings (SSSR count). The van der Waals surface area contributed by atoms with Crippen molar-refractivity contribution >= 4 is 11.9 Å². The molecule has 0 saturated heterocycles. The van der Waals surface area contributed by atoms with Crippen molar-refractivity contribution in [1.29, 1.82) is 0 Å². The smallest absolute Gasteiger partial charge is 0.305 e. The van der Waals surface area contributed by atoms with Crippen LogP contribution in [-0.2, 0) is 14.3 Å². The minimum absolute atomic E-state index is 0.0107. The number of aliphatic hydroxyl groups is 2. The van der Waals surface area contributed by atoms with Crippen molar-refractivity contribution in [1.82, 2.24) is 5.32 Å². The normalized spacial score (nSPS) is 12.5. The van der Waals surface area contributed by atoms with Crippen molar-refractivity contribution in [2.24, 2.45) is 0 Å². The first kappa shape index (κ1) is 73.6. The zero-order valence-corrected chi connectivity index (χ0v) is 51.1. The Morgan fingerprint density at radius 2 is 0.640 bits per heavy atom. The topological polar surface area (TPSA) is 95.9 Å². The number of hydrogen-bond acceptors (Lipinski definition) is 5. The molecule has 446 valence electrons. The Labute approximate surface area is 469 Å². The maximum Gasteiger partial charge on any atom is 0.305 e. The van der Waals surface area contributed by atoms with Crippen LogP contribution < -0.4 is 5.32 Å². The van der Waals surface area contributed by atoms with E-state index in [4.69, 9.17) is 4.74 Å². The number of rotatable bonds is 65. The van der Waals surface area contributed by atoms with E-state index >= 15 is 0 Å². The molecule has 0 aromatic rings. The lowest BCUT2D eigenvalue weighted by atomic mass is 10.0. The van der Waals surface area contributed by atoms with Crippen LogP contribution in [0.4, 0.5) is 0 Å². The van der Waals surface area contributed by atoms with Crippen molar-refractivity contribution in [3.63, 3.8) is 0 Å². The molecule has 0 saturated carbocycles. The van der Waals surface area contributed by atoms with Gasteiger partial charge in [0.1, 0.15) is 0 Å². The second-order valence-corrected chi connectivity index (χ2v) is 23.9. The molecule has 6 heteroatoms. The molecule has 0 fully saturated rings. The SMILES string of the molecule is CCCC/C=C\CCCCCCCC(=O)OCCCCCCCCCCCCCCCCCCCCCCCCCCCCCCCCCCC(=O)NC(CO)C(O)CCCCCCCCCCCCCCCCC. The lowest BCUT2D eigenvalue weighted by molar-refractivity contribution is -0.143. The molecule has 0 aliphatic heterocycles. The van der Waals surface area contributed by atoms with Gasteiger partial charge in [-0.1, -0.05) is 347 Å². The summed E-state index contributed by atoms with van der Waals surface area (Å²) in [6, 6.07) is -0.537. The molecule has 2 atom stereocenters. The van der Waals surface area contributed by atoms with Gasteiger partial charge in [-0.25, -0.2) is 0 Å². The lowest BCUT2D eigenvalue weighted by Crippen LogP contribution is -2.45.